The van der Waals surface area contributed by atoms with Crippen molar-refractivity contribution in [3.63, 3.8) is 0 Å². The third-order valence-corrected chi connectivity index (χ3v) is 1.92. The first-order chi connectivity index (χ1) is 6.27. The van der Waals surface area contributed by atoms with Crippen LogP contribution >= 0.6 is 12.8 Å². The molecule has 0 aliphatic carbocycles. The van der Waals surface area contributed by atoms with Gasteiger partial charge in [0, 0.05) is 5.56 Å². The number of hydrogen-bond acceptors (Lipinski definition) is 4. The molecule has 0 spiro atoms. The summed E-state index contributed by atoms with van der Waals surface area (Å²) in [6, 6.07) is 9.64. The smallest absolute Gasteiger partial charge is 0.241 e. The van der Waals surface area contributed by atoms with Gasteiger partial charge in [0.05, 0.1) is 0 Å². The molecule has 66 valence electrons. The lowest BCUT2D eigenvalue weighted by atomic mass is 10.2. The fourth-order valence-electron chi connectivity index (χ4n) is 1.09. The predicted octanol–water partition coefficient (Wildman–Crippen LogP) is 1.22. The largest absolute Gasteiger partial charge is 0.366 e. The molecule has 4 nitrogen and oxygen atoms in total. The van der Waals surface area contributed by atoms with E-state index >= 15 is 0 Å². The van der Waals surface area contributed by atoms with E-state index in [4.69, 9.17) is 5.73 Å². The molecule has 0 bridgehead atoms. The zero-order chi connectivity index (χ0) is 9.26. The van der Waals surface area contributed by atoms with Gasteiger partial charge in [-0.25, -0.2) is 0 Å². The molecule has 1 heterocycles. The zero-order valence-electron chi connectivity index (χ0n) is 6.75. The maximum atomic E-state index is 5.42. The van der Waals surface area contributed by atoms with Crippen molar-refractivity contribution in [3.05, 3.63) is 30.3 Å². The highest BCUT2D eigenvalue weighted by Crippen LogP contribution is 2.17. The van der Waals surface area contributed by atoms with Crippen LogP contribution in [0.15, 0.2) is 30.3 Å². The molecule has 2 rings (SSSR count). The Morgan fingerprint density at radius 1 is 1.23 bits per heavy atom. The molecule has 2 N–H and O–H groups in total. The molecule has 1 aromatic carbocycles. The average Bonchev–Trinajstić information content (AvgIpc) is 2.47. The van der Waals surface area contributed by atoms with E-state index in [1.807, 2.05) is 30.3 Å². The van der Waals surface area contributed by atoms with Crippen molar-refractivity contribution in [1.29, 1.82) is 0 Å². The molecule has 0 aliphatic rings. The van der Waals surface area contributed by atoms with E-state index in [2.05, 4.69) is 22.9 Å². The summed E-state index contributed by atoms with van der Waals surface area (Å²) in [4.78, 5) is 4.03. The molecular weight excluding hydrogens is 184 g/mol. The van der Waals surface area contributed by atoms with Gasteiger partial charge < -0.3 is 5.73 Å². The fraction of sp³-hybridized carbons (Fsp3) is 0. The predicted molar refractivity (Wildman–Crippen MR) is 54.3 cm³/mol. The van der Waals surface area contributed by atoms with Crippen LogP contribution in [0, 0.1) is 0 Å². The number of hydrogen-bond donors (Lipinski definition) is 2. The van der Waals surface area contributed by atoms with Crippen LogP contribution in [0.5, 0.6) is 0 Å². The van der Waals surface area contributed by atoms with Crippen LogP contribution in [-0.4, -0.2) is 14.2 Å². The van der Waals surface area contributed by atoms with Crippen molar-refractivity contribution in [3.8, 4) is 11.4 Å². The minimum atomic E-state index is 0.230. The lowest BCUT2D eigenvalue weighted by Crippen LogP contribution is -1.88. The van der Waals surface area contributed by atoms with Crippen molar-refractivity contribution < 1.29 is 0 Å². The van der Waals surface area contributed by atoms with E-state index in [0.717, 1.165) is 5.56 Å². The molecule has 0 saturated heterocycles. The van der Waals surface area contributed by atoms with Crippen molar-refractivity contribution in [2.75, 3.05) is 5.73 Å². The Labute approximate surface area is 80.9 Å². The highest BCUT2D eigenvalue weighted by Gasteiger charge is 2.06. The Kier molecular flexibility index (Phi) is 1.94. The second kappa shape index (κ2) is 3.10. The maximum absolute atomic E-state index is 5.42. The van der Waals surface area contributed by atoms with Crippen LogP contribution in [0.2, 0.25) is 0 Å². The van der Waals surface area contributed by atoms with Gasteiger partial charge in [-0.2, -0.15) is 9.07 Å². The summed E-state index contributed by atoms with van der Waals surface area (Å²) in [5.41, 5.74) is 6.37. The summed E-state index contributed by atoms with van der Waals surface area (Å²) in [7, 11) is 0. The molecule has 0 fully saturated rings. The number of nitrogen functional groups attached to an aromatic ring is 1. The van der Waals surface area contributed by atoms with Gasteiger partial charge in [-0.3, -0.25) is 0 Å². The molecule has 0 radical (unpaired) electrons. The van der Waals surface area contributed by atoms with Crippen molar-refractivity contribution in [1.82, 2.24) is 14.2 Å². The lowest BCUT2D eigenvalue weighted by Gasteiger charge is -1.96. The van der Waals surface area contributed by atoms with Crippen LogP contribution in [0.4, 0.5) is 5.95 Å². The number of nitrogens with zero attached hydrogens (tertiary/aromatic N) is 3. The number of rotatable bonds is 1. The first kappa shape index (κ1) is 8.12. The van der Waals surface area contributed by atoms with Crippen LogP contribution in [-0.2, 0) is 0 Å². The highest BCUT2D eigenvalue weighted by molar-refractivity contribution is 7.78. The molecule has 0 saturated carbocycles. The van der Waals surface area contributed by atoms with Gasteiger partial charge in [-0.05, 0) is 12.8 Å². The number of thiol groups is 1. The third-order valence-electron chi connectivity index (χ3n) is 1.64. The molecule has 2 aromatic rings. The molecule has 0 aliphatic heterocycles. The molecule has 5 heteroatoms. The number of nitrogens with two attached hydrogens (primary N) is 1. The van der Waals surface area contributed by atoms with E-state index in [0.29, 0.717) is 5.82 Å². The van der Waals surface area contributed by atoms with E-state index in [1.54, 1.807) is 0 Å². The zero-order valence-corrected chi connectivity index (χ0v) is 7.65. The first-order valence-electron chi connectivity index (χ1n) is 3.74. The summed E-state index contributed by atoms with van der Waals surface area (Å²) < 4.78 is 1.37. The minimum absolute atomic E-state index is 0.230. The monoisotopic (exact) mass is 192 g/mol. The normalized spacial score (nSPS) is 10.2. The first-order valence-corrected chi connectivity index (χ1v) is 4.14. The van der Waals surface area contributed by atoms with Gasteiger partial charge in [0.2, 0.25) is 5.95 Å². The van der Waals surface area contributed by atoms with Gasteiger partial charge >= 0.3 is 0 Å². The lowest BCUT2D eigenvalue weighted by molar-refractivity contribution is 1.03. The quantitative estimate of drug-likeness (QED) is 0.668. The Balaban J connectivity index is 2.53. The number of benzene rings is 1. The third kappa shape index (κ3) is 1.50. The highest BCUT2D eigenvalue weighted by atomic mass is 32.1. The summed E-state index contributed by atoms with van der Waals surface area (Å²) in [5.74, 6) is 0.885. The molecule has 0 amide bonds. The van der Waals surface area contributed by atoms with Crippen molar-refractivity contribution >= 4 is 18.8 Å². The van der Waals surface area contributed by atoms with Crippen molar-refractivity contribution in [2.45, 2.75) is 0 Å². The Hall–Kier alpha value is -1.49. The van der Waals surface area contributed by atoms with E-state index in [-0.39, 0.29) is 5.95 Å². The van der Waals surface area contributed by atoms with Gasteiger partial charge in [0.25, 0.3) is 0 Å². The van der Waals surface area contributed by atoms with Gasteiger partial charge in [-0.1, -0.05) is 30.3 Å². The van der Waals surface area contributed by atoms with E-state index in [1.165, 1.54) is 4.09 Å². The standard InChI is InChI=1S/C8H8N4S/c9-8-10-7(12(13)11-8)6-4-2-1-3-5-6/h1-5,13H,(H2,9,11). The minimum Gasteiger partial charge on any atom is -0.366 e. The Bertz CT molecular complexity index is 409. The van der Waals surface area contributed by atoms with Crippen LogP contribution < -0.4 is 5.73 Å². The average molecular weight is 192 g/mol. The van der Waals surface area contributed by atoms with E-state index in [9.17, 15) is 0 Å². The van der Waals surface area contributed by atoms with Gasteiger partial charge in [0.1, 0.15) is 0 Å². The van der Waals surface area contributed by atoms with Crippen LogP contribution in [0.3, 0.4) is 0 Å². The molecule has 1 aromatic heterocycles. The summed E-state index contributed by atoms with van der Waals surface area (Å²) in [6.07, 6.45) is 0. The SMILES string of the molecule is Nc1nc(-c2ccccc2)n(S)n1. The van der Waals surface area contributed by atoms with Crippen molar-refractivity contribution in [2.24, 2.45) is 0 Å². The number of aromatic nitrogens is 3. The molecule has 0 atom stereocenters. The summed E-state index contributed by atoms with van der Waals surface area (Å²) >= 11 is 4.09. The van der Waals surface area contributed by atoms with Gasteiger partial charge in [0.15, 0.2) is 5.82 Å². The Morgan fingerprint density at radius 3 is 2.46 bits per heavy atom. The second-order valence-electron chi connectivity index (χ2n) is 2.55. The summed E-state index contributed by atoms with van der Waals surface area (Å²) in [5, 5.41) is 3.83. The fourth-order valence-corrected chi connectivity index (χ4v) is 1.34. The van der Waals surface area contributed by atoms with Gasteiger partial charge in [-0.15, -0.1) is 5.10 Å². The summed E-state index contributed by atoms with van der Waals surface area (Å²) in [6.45, 7) is 0. The Morgan fingerprint density at radius 2 is 1.92 bits per heavy atom. The van der Waals surface area contributed by atoms with Crippen LogP contribution in [0.25, 0.3) is 11.4 Å². The molecule has 13 heavy (non-hydrogen) atoms. The maximum Gasteiger partial charge on any atom is 0.241 e. The van der Waals surface area contributed by atoms with Crippen LogP contribution in [0.1, 0.15) is 0 Å². The topological polar surface area (TPSA) is 56.7 Å². The molecular formula is C8H8N4S. The molecule has 0 unspecified atom stereocenters. The number of anilines is 1. The second-order valence-corrected chi connectivity index (χ2v) is 2.93. The van der Waals surface area contributed by atoms with E-state index < -0.39 is 0 Å².